The molecule has 0 radical (unpaired) electrons. The summed E-state index contributed by atoms with van der Waals surface area (Å²) in [5.74, 6) is 0.734. The number of anilines is 1. The fourth-order valence-corrected chi connectivity index (χ4v) is 4.42. The van der Waals surface area contributed by atoms with Crippen molar-refractivity contribution < 1.29 is 9.84 Å². The van der Waals surface area contributed by atoms with Gasteiger partial charge in [0.15, 0.2) is 0 Å². The van der Waals surface area contributed by atoms with E-state index in [-0.39, 0.29) is 0 Å². The molecule has 1 atom stereocenters. The number of hydrogen-bond donors (Lipinski definition) is 2. The maximum absolute atomic E-state index is 10.3. The first-order chi connectivity index (χ1) is 10.0. The number of ether oxygens (including phenoxy) is 1. The number of rotatable bonds is 5. The normalized spacial score (nSPS) is 12.0. The van der Waals surface area contributed by atoms with Crippen LogP contribution in [-0.4, -0.2) is 18.8 Å². The van der Waals surface area contributed by atoms with Crippen LogP contribution in [0.5, 0.6) is 5.75 Å². The molecule has 2 rings (SSSR count). The maximum Gasteiger partial charge on any atom is 0.119 e. The molecule has 0 aliphatic heterocycles. The molecule has 6 heteroatoms. The number of hydrogen-bond acceptors (Lipinski definition) is 3. The average Bonchev–Trinajstić information content (AvgIpc) is 2.46. The molecule has 0 amide bonds. The van der Waals surface area contributed by atoms with Crippen molar-refractivity contribution in [2.75, 3.05) is 19.0 Å². The van der Waals surface area contributed by atoms with E-state index in [2.05, 4.69) is 53.1 Å². The van der Waals surface area contributed by atoms with Crippen LogP contribution in [0.25, 0.3) is 0 Å². The fraction of sp³-hybridized carbons (Fsp3) is 0.200. The molecule has 0 heterocycles. The largest absolute Gasteiger partial charge is 0.497 e. The van der Waals surface area contributed by atoms with Gasteiger partial charge in [-0.3, -0.25) is 0 Å². The van der Waals surface area contributed by atoms with Crippen LogP contribution in [-0.2, 0) is 0 Å². The predicted molar refractivity (Wildman–Crippen MR) is 96.0 cm³/mol. The first-order valence-corrected chi connectivity index (χ1v) is 8.59. The van der Waals surface area contributed by atoms with E-state index < -0.39 is 6.10 Å². The highest BCUT2D eigenvalue weighted by Crippen LogP contribution is 2.34. The van der Waals surface area contributed by atoms with E-state index in [1.54, 1.807) is 7.11 Å². The van der Waals surface area contributed by atoms with Crippen molar-refractivity contribution in [3.8, 4) is 5.75 Å². The van der Waals surface area contributed by atoms with Gasteiger partial charge in [-0.25, -0.2) is 0 Å². The summed E-state index contributed by atoms with van der Waals surface area (Å²) >= 11 is 10.4. The number of methoxy groups -OCH3 is 1. The van der Waals surface area contributed by atoms with Gasteiger partial charge in [-0.2, -0.15) is 0 Å². The van der Waals surface area contributed by atoms with E-state index in [1.165, 1.54) is 0 Å². The standard InChI is InChI=1S/C15H14Br3NO2/c1-21-11-4-2-3-9(5-11)14(20)8-19-15-12(17)6-10(16)7-13(15)18/h2-7,14,19-20H,8H2,1H3. The summed E-state index contributed by atoms with van der Waals surface area (Å²) in [6, 6.07) is 11.3. The molecule has 1 unspecified atom stereocenters. The highest BCUT2D eigenvalue weighted by atomic mass is 79.9. The summed E-state index contributed by atoms with van der Waals surface area (Å²) in [5, 5.41) is 13.5. The van der Waals surface area contributed by atoms with E-state index in [9.17, 15) is 5.11 Å². The molecule has 0 aromatic heterocycles. The van der Waals surface area contributed by atoms with Crippen LogP contribution >= 0.6 is 47.8 Å². The Morgan fingerprint density at radius 2 is 1.81 bits per heavy atom. The summed E-state index contributed by atoms with van der Waals surface area (Å²) in [6.07, 6.45) is -0.623. The summed E-state index contributed by atoms with van der Waals surface area (Å²) < 4.78 is 7.98. The van der Waals surface area contributed by atoms with E-state index in [4.69, 9.17) is 4.74 Å². The zero-order valence-electron chi connectivity index (χ0n) is 11.2. The summed E-state index contributed by atoms with van der Waals surface area (Å²) in [4.78, 5) is 0. The Morgan fingerprint density at radius 3 is 2.43 bits per heavy atom. The molecule has 2 aromatic carbocycles. The molecule has 0 saturated carbocycles. The van der Waals surface area contributed by atoms with Crippen molar-refractivity contribution in [2.24, 2.45) is 0 Å². The third-order valence-corrected chi connectivity index (χ3v) is 4.67. The van der Waals surface area contributed by atoms with Crippen molar-refractivity contribution in [2.45, 2.75) is 6.10 Å². The monoisotopic (exact) mass is 477 g/mol. The van der Waals surface area contributed by atoms with E-state index in [1.807, 2.05) is 36.4 Å². The van der Waals surface area contributed by atoms with E-state index >= 15 is 0 Å². The summed E-state index contributed by atoms with van der Waals surface area (Å²) in [7, 11) is 1.61. The van der Waals surface area contributed by atoms with Gasteiger partial charge in [0.05, 0.1) is 18.9 Å². The molecular formula is C15H14Br3NO2. The van der Waals surface area contributed by atoms with E-state index in [0.717, 1.165) is 30.4 Å². The first kappa shape index (κ1) is 16.8. The van der Waals surface area contributed by atoms with Gasteiger partial charge in [0.25, 0.3) is 0 Å². The van der Waals surface area contributed by atoms with Crippen LogP contribution in [0.15, 0.2) is 49.8 Å². The van der Waals surface area contributed by atoms with Crippen LogP contribution in [0, 0.1) is 0 Å². The molecular weight excluding hydrogens is 466 g/mol. The molecule has 0 saturated heterocycles. The number of aliphatic hydroxyl groups is 1. The quantitative estimate of drug-likeness (QED) is 0.624. The minimum absolute atomic E-state index is 0.395. The average molecular weight is 480 g/mol. The number of benzene rings is 2. The Kier molecular flexibility index (Phi) is 6.10. The van der Waals surface area contributed by atoms with Gasteiger partial charge in [-0.1, -0.05) is 28.1 Å². The highest BCUT2D eigenvalue weighted by Gasteiger charge is 2.11. The second-order valence-electron chi connectivity index (χ2n) is 4.42. The second kappa shape index (κ2) is 7.63. The zero-order chi connectivity index (χ0) is 15.4. The highest BCUT2D eigenvalue weighted by molar-refractivity contribution is 9.11. The molecule has 2 N–H and O–H groups in total. The maximum atomic E-state index is 10.3. The van der Waals surface area contributed by atoms with Crippen LogP contribution in [0.3, 0.4) is 0 Å². The van der Waals surface area contributed by atoms with Gasteiger partial charge in [0.1, 0.15) is 5.75 Å². The Balaban J connectivity index is 2.09. The lowest BCUT2D eigenvalue weighted by molar-refractivity contribution is 0.191. The predicted octanol–water partition coefficient (Wildman–Crippen LogP) is 5.13. The molecule has 0 bridgehead atoms. The van der Waals surface area contributed by atoms with Crippen molar-refractivity contribution in [1.82, 2.24) is 0 Å². The molecule has 3 nitrogen and oxygen atoms in total. The fourth-order valence-electron chi connectivity index (χ4n) is 1.88. The van der Waals surface area contributed by atoms with Crippen LogP contribution in [0.4, 0.5) is 5.69 Å². The lowest BCUT2D eigenvalue weighted by atomic mass is 10.1. The van der Waals surface area contributed by atoms with Crippen LogP contribution < -0.4 is 10.1 Å². The van der Waals surface area contributed by atoms with Gasteiger partial charge in [-0.15, -0.1) is 0 Å². The van der Waals surface area contributed by atoms with Gasteiger partial charge < -0.3 is 15.2 Å². The van der Waals surface area contributed by atoms with Gasteiger partial charge >= 0.3 is 0 Å². The molecule has 0 aliphatic carbocycles. The van der Waals surface area contributed by atoms with Crippen molar-refractivity contribution in [1.29, 1.82) is 0 Å². The van der Waals surface area contributed by atoms with Gasteiger partial charge in [0, 0.05) is 20.0 Å². The molecule has 0 aliphatic rings. The molecule has 0 fully saturated rings. The lowest BCUT2D eigenvalue weighted by Crippen LogP contribution is -2.13. The number of nitrogens with one attached hydrogen (secondary N) is 1. The Morgan fingerprint density at radius 1 is 1.14 bits per heavy atom. The third kappa shape index (κ3) is 4.45. The van der Waals surface area contributed by atoms with Crippen LogP contribution in [0.2, 0.25) is 0 Å². The van der Waals surface area contributed by atoms with Crippen molar-refractivity contribution >= 4 is 53.5 Å². The van der Waals surface area contributed by atoms with Gasteiger partial charge in [-0.05, 0) is 61.7 Å². The van der Waals surface area contributed by atoms with Gasteiger partial charge in [0.2, 0.25) is 0 Å². The smallest absolute Gasteiger partial charge is 0.119 e. The minimum atomic E-state index is -0.623. The topological polar surface area (TPSA) is 41.5 Å². The Hall–Kier alpha value is -0.560. The molecule has 0 spiro atoms. The molecule has 21 heavy (non-hydrogen) atoms. The minimum Gasteiger partial charge on any atom is -0.497 e. The number of aliphatic hydroxyl groups excluding tert-OH is 1. The zero-order valence-corrected chi connectivity index (χ0v) is 16.0. The third-order valence-electron chi connectivity index (χ3n) is 2.96. The second-order valence-corrected chi connectivity index (χ2v) is 7.04. The summed E-state index contributed by atoms with van der Waals surface area (Å²) in [6.45, 7) is 0.395. The Bertz CT molecular complexity index is 611. The number of halogens is 3. The molecule has 2 aromatic rings. The van der Waals surface area contributed by atoms with Crippen molar-refractivity contribution in [3.05, 3.63) is 55.4 Å². The first-order valence-electron chi connectivity index (χ1n) is 6.21. The molecule has 112 valence electrons. The van der Waals surface area contributed by atoms with E-state index in [0.29, 0.717) is 6.54 Å². The SMILES string of the molecule is COc1cccc(C(O)CNc2c(Br)cc(Br)cc2Br)c1. The summed E-state index contributed by atoms with van der Waals surface area (Å²) in [5.41, 5.74) is 1.71. The Labute approximate surface area is 149 Å². The van der Waals surface area contributed by atoms with Crippen molar-refractivity contribution in [3.63, 3.8) is 0 Å². The lowest BCUT2D eigenvalue weighted by Gasteiger charge is -2.16. The van der Waals surface area contributed by atoms with Crippen LogP contribution in [0.1, 0.15) is 11.7 Å².